The van der Waals surface area contributed by atoms with Gasteiger partial charge in [0.05, 0.1) is 11.1 Å². The summed E-state index contributed by atoms with van der Waals surface area (Å²) in [5.74, 6) is 0. The van der Waals surface area contributed by atoms with Gasteiger partial charge in [0.15, 0.2) is 0 Å². The van der Waals surface area contributed by atoms with Gasteiger partial charge in [-0.2, -0.15) is 0 Å². The molecule has 0 radical (unpaired) electrons. The van der Waals surface area contributed by atoms with Crippen LogP contribution in [0.5, 0.6) is 0 Å². The van der Waals surface area contributed by atoms with Crippen molar-refractivity contribution in [2.75, 3.05) is 0 Å². The second-order valence-corrected chi connectivity index (χ2v) is 7.43. The van der Waals surface area contributed by atoms with Crippen LogP contribution >= 0.6 is 11.3 Å². The zero-order valence-corrected chi connectivity index (χ0v) is 14.0. The normalized spacial score (nSPS) is 14.2. The van der Waals surface area contributed by atoms with E-state index in [1.54, 1.807) is 22.2 Å². The molecule has 0 amide bonds. The predicted molar refractivity (Wildman–Crippen MR) is 99.4 cm³/mol. The van der Waals surface area contributed by atoms with Crippen LogP contribution in [-0.2, 0) is 12.8 Å². The number of fused-ring (bicyclic) bond motifs is 4. The molecule has 5 rings (SSSR count). The maximum Gasteiger partial charge on any atom is 0.266 e. The molecule has 24 heavy (non-hydrogen) atoms. The van der Waals surface area contributed by atoms with Gasteiger partial charge in [0.1, 0.15) is 11.2 Å². The molecule has 0 spiro atoms. The van der Waals surface area contributed by atoms with Crippen LogP contribution < -0.4 is 5.56 Å². The zero-order chi connectivity index (χ0) is 16.1. The Labute approximate surface area is 143 Å². The summed E-state index contributed by atoms with van der Waals surface area (Å²) in [6, 6.07) is 14.3. The van der Waals surface area contributed by atoms with E-state index in [1.807, 2.05) is 18.2 Å². The van der Waals surface area contributed by atoms with Gasteiger partial charge in [-0.15, -0.1) is 11.3 Å². The number of nitrogens with zero attached hydrogens (tertiary/aromatic N) is 2. The number of hydrogen-bond acceptors (Lipinski definition) is 3. The molecule has 2 aromatic carbocycles. The van der Waals surface area contributed by atoms with Crippen LogP contribution in [0.3, 0.4) is 0 Å². The lowest BCUT2D eigenvalue weighted by molar-refractivity contribution is 0.699. The van der Waals surface area contributed by atoms with Crippen molar-refractivity contribution in [3.8, 4) is 5.69 Å². The van der Waals surface area contributed by atoms with E-state index in [0.29, 0.717) is 0 Å². The molecular formula is C20H16N2OS. The first kappa shape index (κ1) is 13.9. The van der Waals surface area contributed by atoms with Gasteiger partial charge in [-0.1, -0.05) is 30.3 Å². The van der Waals surface area contributed by atoms with Crippen LogP contribution in [0.2, 0.25) is 0 Å². The SMILES string of the molecule is O=c1c2c3c(sc2ncn1-c1ccc2ccccc2c1)CCCC3. The molecule has 0 saturated heterocycles. The van der Waals surface area contributed by atoms with Gasteiger partial charge in [-0.05, 0) is 54.2 Å². The third kappa shape index (κ3) is 2.03. The van der Waals surface area contributed by atoms with Crippen LogP contribution in [-0.4, -0.2) is 9.55 Å². The predicted octanol–water partition coefficient (Wildman–Crippen LogP) is 4.48. The Bertz CT molecular complexity index is 1140. The number of rotatable bonds is 1. The summed E-state index contributed by atoms with van der Waals surface area (Å²) < 4.78 is 1.69. The van der Waals surface area contributed by atoms with Crippen molar-refractivity contribution in [1.82, 2.24) is 9.55 Å². The first-order valence-electron chi connectivity index (χ1n) is 8.32. The number of benzene rings is 2. The van der Waals surface area contributed by atoms with E-state index in [1.165, 1.54) is 28.7 Å². The van der Waals surface area contributed by atoms with Crippen molar-refractivity contribution in [2.24, 2.45) is 0 Å². The van der Waals surface area contributed by atoms with E-state index in [2.05, 4.69) is 29.2 Å². The molecule has 3 nitrogen and oxygen atoms in total. The van der Waals surface area contributed by atoms with Crippen molar-refractivity contribution in [3.05, 3.63) is 69.6 Å². The second-order valence-electron chi connectivity index (χ2n) is 6.34. The Morgan fingerprint density at radius 3 is 2.75 bits per heavy atom. The molecule has 0 N–H and O–H groups in total. The van der Waals surface area contributed by atoms with Gasteiger partial charge < -0.3 is 0 Å². The molecule has 2 aromatic heterocycles. The fourth-order valence-electron chi connectivity index (χ4n) is 3.66. The molecule has 0 atom stereocenters. The quantitative estimate of drug-likeness (QED) is 0.515. The van der Waals surface area contributed by atoms with E-state index >= 15 is 0 Å². The molecule has 0 fully saturated rings. The Kier molecular flexibility index (Phi) is 3.06. The van der Waals surface area contributed by atoms with Crippen LogP contribution in [0.1, 0.15) is 23.3 Å². The highest BCUT2D eigenvalue weighted by Gasteiger charge is 2.20. The third-order valence-electron chi connectivity index (χ3n) is 4.89. The summed E-state index contributed by atoms with van der Waals surface area (Å²) in [6.45, 7) is 0. The highest BCUT2D eigenvalue weighted by Crippen LogP contribution is 2.33. The molecular weight excluding hydrogens is 316 g/mol. The summed E-state index contributed by atoms with van der Waals surface area (Å²) in [5, 5.41) is 3.15. The summed E-state index contributed by atoms with van der Waals surface area (Å²) in [5.41, 5.74) is 2.19. The van der Waals surface area contributed by atoms with Gasteiger partial charge >= 0.3 is 0 Å². The van der Waals surface area contributed by atoms with E-state index < -0.39 is 0 Å². The van der Waals surface area contributed by atoms with Gasteiger partial charge in [0, 0.05) is 4.88 Å². The van der Waals surface area contributed by atoms with Crippen molar-refractivity contribution in [1.29, 1.82) is 0 Å². The number of hydrogen-bond donors (Lipinski definition) is 0. The van der Waals surface area contributed by atoms with Crippen molar-refractivity contribution in [2.45, 2.75) is 25.7 Å². The molecule has 0 saturated carbocycles. The van der Waals surface area contributed by atoms with E-state index in [4.69, 9.17) is 0 Å². The molecule has 118 valence electrons. The standard InChI is InChI=1S/C20H16N2OS/c23-20-18-16-7-3-4-8-17(16)24-19(18)21-12-22(20)15-10-9-13-5-1-2-6-14(13)11-15/h1-2,5-6,9-12H,3-4,7-8H2. The summed E-state index contributed by atoms with van der Waals surface area (Å²) in [7, 11) is 0. The maximum absolute atomic E-state index is 13.1. The first-order chi connectivity index (χ1) is 11.8. The Morgan fingerprint density at radius 2 is 1.83 bits per heavy atom. The van der Waals surface area contributed by atoms with Gasteiger partial charge in [0.25, 0.3) is 5.56 Å². The fraction of sp³-hybridized carbons (Fsp3) is 0.200. The minimum Gasteiger partial charge on any atom is -0.268 e. The molecule has 0 aliphatic heterocycles. The lowest BCUT2D eigenvalue weighted by Gasteiger charge is -2.11. The van der Waals surface area contributed by atoms with Crippen molar-refractivity contribution in [3.63, 3.8) is 0 Å². The van der Waals surface area contributed by atoms with E-state index in [0.717, 1.165) is 34.1 Å². The number of aromatic nitrogens is 2. The third-order valence-corrected chi connectivity index (χ3v) is 6.09. The Hall–Kier alpha value is -2.46. The first-order valence-corrected chi connectivity index (χ1v) is 9.14. The molecule has 2 heterocycles. The van der Waals surface area contributed by atoms with Crippen LogP contribution in [0.4, 0.5) is 0 Å². The smallest absolute Gasteiger partial charge is 0.266 e. The van der Waals surface area contributed by atoms with E-state index in [9.17, 15) is 4.79 Å². The molecule has 4 heteroatoms. The molecule has 0 bridgehead atoms. The molecule has 1 aliphatic carbocycles. The monoisotopic (exact) mass is 332 g/mol. The largest absolute Gasteiger partial charge is 0.268 e. The molecule has 1 aliphatic rings. The molecule has 4 aromatic rings. The molecule has 0 unspecified atom stereocenters. The summed E-state index contributed by atoms with van der Waals surface area (Å²) in [4.78, 5) is 20.0. The highest BCUT2D eigenvalue weighted by molar-refractivity contribution is 7.18. The van der Waals surface area contributed by atoms with Gasteiger partial charge in [0.2, 0.25) is 0 Å². The van der Waals surface area contributed by atoms with Gasteiger partial charge in [-0.3, -0.25) is 9.36 Å². The average Bonchev–Trinajstić information content (AvgIpc) is 3.01. The zero-order valence-electron chi connectivity index (χ0n) is 13.2. The number of thiophene rings is 1. The van der Waals surface area contributed by atoms with Crippen molar-refractivity contribution >= 4 is 32.3 Å². The summed E-state index contributed by atoms with van der Waals surface area (Å²) >= 11 is 1.70. The number of aryl methyl sites for hydroxylation is 2. The average molecular weight is 332 g/mol. The minimum absolute atomic E-state index is 0.0645. The van der Waals surface area contributed by atoms with Crippen LogP contribution in [0.25, 0.3) is 26.7 Å². The topological polar surface area (TPSA) is 34.9 Å². The van der Waals surface area contributed by atoms with Crippen LogP contribution in [0, 0.1) is 0 Å². The lowest BCUT2D eigenvalue weighted by Crippen LogP contribution is -2.19. The lowest BCUT2D eigenvalue weighted by atomic mass is 9.97. The van der Waals surface area contributed by atoms with E-state index in [-0.39, 0.29) is 5.56 Å². The Balaban J connectivity index is 1.76. The minimum atomic E-state index is 0.0645. The highest BCUT2D eigenvalue weighted by atomic mass is 32.1. The van der Waals surface area contributed by atoms with Gasteiger partial charge in [-0.25, -0.2) is 4.98 Å². The van der Waals surface area contributed by atoms with Crippen molar-refractivity contribution < 1.29 is 0 Å². The summed E-state index contributed by atoms with van der Waals surface area (Å²) in [6.07, 6.45) is 6.16. The van der Waals surface area contributed by atoms with Crippen LogP contribution in [0.15, 0.2) is 53.6 Å². The maximum atomic E-state index is 13.1. The Morgan fingerprint density at radius 1 is 1.00 bits per heavy atom. The fourth-order valence-corrected chi connectivity index (χ4v) is 4.88. The second kappa shape index (κ2) is 5.28.